The lowest BCUT2D eigenvalue weighted by molar-refractivity contribution is 0.122. The fraction of sp³-hybridized carbons (Fsp3) is 0.261. The third-order valence-corrected chi connectivity index (χ3v) is 5.38. The molecular formula is C23H21ClN4O3. The molecule has 31 heavy (non-hydrogen) atoms. The van der Waals surface area contributed by atoms with Gasteiger partial charge in [-0.15, -0.1) is 0 Å². The maximum absolute atomic E-state index is 12.8. The van der Waals surface area contributed by atoms with Crippen molar-refractivity contribution in [3.05, 3.63) is 74.9 Å². The van der Waals surface area contributed by atoms with Gasteiger partial charge in [-0.3, -0.25) is 4.79 Å². The highest BCUT2D eigenvalue weighted by atomic mass is 35.5. The van der Waals surface area contributed by atoms with Gasteiger partial charge >= 0.3 is 0 Å². The van der Waals surface area contributed by atoms with Crippen LogP contribution >= 0.6 is 11.6 Å². The first kappa shape index (κ1) is 20.9. The Morgan fingerprint density at radius 2 is 2.06 bits per heavy atom. The fourth-order valence-electron chi connectivity index (χ4n) is 3.58. The molecule has 8 heteroatoms. The number of nitrogens with one attached hydrogen (secondary N) is 1. The number of aromatic amines is 1. The van der Waals surface area contributed by atoms with E-state index in [9.17, 15) is 4.79 Å². The van der Waals surface area contributed by atoms with Gasteiger partial charge in [0.2, 0.25) is 0 Å². The molecular weight excluding hydrogens is 416 g/mol. The molecule has 0 radical (unpaired) electrons. The Bertz CT molecular complexity index is 1200. The summed E-state index contributed by atoms with van der Waals surface area (Å²) in [5.41, 5.74) is 2.95. The molecule has 1 aliphatic heterocycles. The predicted molar refractivity (Wildman–Crippen MR) is 119 cm³/mol. The van der Waals surface area contributed by atoms with Crippen LogP contribution < -0.4 is 15.2 Å². The van der Waals surface area contributed by atoms with Crippen molar-refractivity contribution in [1.82, 2.24) is 9.97 Å². The number of aryl methyl sites for hydroxylation is 1. The summed E-state index contributed by atoms with van der Waals surface area (Å²) in [7, 11) is 0. The molecule has 0 amide bonds. The summed E-state index contributed by atoms with van der Waals surface area (Å²) in [6.07, 6.45) is 0. The van der Waals surface area contributed by atoms with Crippen molar-refractivity contribution < 1.29 is 9.47 Å². The smallest absolute Gasteiger partial charge is 0.259 e. The van der Waals surface area contributed by atoms with Gasteiger partial charge in [-0.25, -0.2) is 4.98 Å². The van der Waals surface area contributed by atoms with Crippen LogP contribution in [0.1, 0.15) is 17.1 Å². The quantitative estimate of drug-likeness (QED) is 0.656. The third kappa shape index (κ3) is 4.71. The van der Waals surface area contributed by atoms with E-state index < -0.39 is 0 Å². The minimum Gasteiger partial charge on any atom is -0.486 e. The maximum Gasteiger partial charge on any atom is 0.259 e. The molecule has 1 aliphatic rings. The predicted octanol–water partition coefficient (Wildman–Crippen LogP) is 3.69. The van der Waals surface area contributed by atoms with Crippen LogP contribution in [0.3, 0.4) is 0 Å². The first-order valence-electron chi connectivity index (χ1n) is 9.90. The molecule has 0 saturated carbocycles. The number of nitrogens with zero attached hydrogens (tertiary/aromatic N) is 3. The van der Waals surface area contributed by atoms with E-state index in [1.165, 1.54) is 0 Å². The van der Waals surface area contributed by atoms with Crippen molar-refractivity contribution in [1.29, 1.82) is 5.26 Å². The summed E-state index contributed by atoms with van der Waals surface area (Å²) < 4.78 is 11.1. The van der Waals surface area contributed by atoms with Crippen LogP contribution in [0, 0.1) is 18.3 Å². The van der Waals surface area contributed by atoms with Crippen LogP contribution in [0.5, 0.6) is 5.75 Å². The molecule has 158 valence electrons. The number of rotatable bonds is 5. The molecule has 0 atom stereocenters. The molecule has 1 aromatic heterocycles. The van der Waals surface area contributed by atoms with Crippen molar-refractivity contribution in [2.45, 2.75) is 13.5 Å². The van der Waals surface area contributed by atoms with Gasteiger partial charge in [0.15, 0.2) is 0 Å². The van der Waals surface area contributed by atoms with E-state index in [4.69, 9.17) is 26.3 Å². The minimum absolute atomic E-state index is 0.0853. The Balaban J connectivity index is 1.55. The van der Waals surface area contributed by atoms with Gasteiger partial charge in [-0.1, -0.05) is 23.7 Å². The number of aromatic nitrogens is 2. The second kappa shape index (κ2) is 9.21. The van der Waals surface area contributed by atoms with E-state index in [0.717, 1.165) is 18.8 Å². The number of ether oxygens (including phenoxy) is 2. The molecule has 0 unspecified atom stereocenters. The molecule has 1 saturated heterocycles. The highest BCUT2D eigenvalue weighted by molar-refractivity contribution is 6.33. The van der Waals surface area contributed by atoms with E-state index in [2.05, 4.69) is 20.9 Å². The summed E-state index contributed by atoms with van der Waals surface area (Å²) in [6.45, 7) is 4.78. The molecule has 7 nitrogen and oxygen atoms in total. The zero-order chi connectivity index (χ0) is 21.8. The van der Waals surface area contributed by atoms with Crippen LogP contribution in [0.4, 0.5) is 5.69 Å². The Kier molecular flexibility index (Phi) is 6.21. The van der Waals surface area contributed by atoms with Gasteiger partial charge in [0.1, 0.15) is 18.2 Å². The Labute approximate surface area is 184 Å². The molecule has 1 fully saturated rings. The van der Waals surface area contributed by atoms with Gasteiger partial charge < -0.3 is 19.4 Å². The molecule has 0 aliphatic carbocycles. The van der Waals surface area contributed by atoms with Gasteiger partial charge in [0.05, 0.1) is 46.8 Å². The van der Waals surface area contributed by atoms with Gasteiger partial charge in [0.25, 0.3) is 5.56 Å². The molecule has 0 bridgehead atoms. The van der Waals surface area contributed by atoms with Crippen LogP contribution in [-0.2, 0) is 11.3 Å². The average Bonchev–Trinajstić information content (AvgIpc) is 2.78. The monoisotopic (exact) mass is 436 g/mol. The highest BCUT2D eigenvalue weighted by Crippen LogP contribution is 2.31. The molecule has 2 aromatic carbocycles. The topological polar surface area (TPSA) is 91.2 Å². The van der Waals surface area contributed by atoms with E-state index in [-0.39, 0.29) is 12.2 Å². The van der Waals surface area contributed by atoms with E-state index in [1.807, 2.05) is 12.1 Å². The minimum atomic E-state index is -0.257. The van der Waals surface area contributed by atoms with Crippen molar-refractivity contribution in [2.75, 3.05) is 31.2 Å². The zero-order valence-corrected chi connectivity index (χ0v) is 17.8. The largest absolute Gasteiger partial charge is 0.486 e. The van der Waals surface area contributed by atoms with Crippen molar-refractivity contribution in [3.8, 4) is 22.9 Å². The SMILES string of the molecule is Cc1nc(COc2cccc(C#N)c2)[nH]c(=O)c1-c1ccc(N2CCOCC2)c(Cl)c1. The molecule has 1 N–H and O–H groups in total. The van der Waals surface area contributed by atoms with Gasteiger partial charge in [-0.05, 0) is 42.8 Å². The molecule has 3 aromatic rings. The van der Waals surface area contributed by atoms with Crippen molar-refractivity contribution in [3.63, 3.8) is 0 Å². The number of anilines is 1. The van der Waals surface area contributed by atoms with E-state index in [1.54, 1.807) is 37.3 Å². The van der Waals surface area contributed by atoms with Crippen molar-refractivity contribution >= 4 is 17.3 Å². The van der Waals surface area contributed by atoms with Crippen LogP contribution in [-0.4, -0.2) is 36.3 Å². The van der Waals surface area contributed by atoms with Crippen LogP contribution in [0.25, 0.3) is 11.1 Å². The molecule has 2 heterocycles. The number of H-pyrrole nitrogens is 1. The summed E-state index contributed by atoms with van der Waals surface area (Å²) in [5.74, 6) is 0.943. The third-order valence-electron chi connectivity index (χ3n) is 5.08. The second-order valence-electron chi connectivity index (χ2n) is 7.17. The first-order valence-corrected chi connectivity index (χ1v) is 10.3. The molecule has 0 spiro atoms. The lowest BCUT2D eigenvalue weighted by atomic mass is 10.0. The van der Waals surface area contributed by atoms with E-state index >= 15 is 0 Å². The van der Waals surface area contributed by atoms with Gasteiger partial charge in [0, 0.05) is 13.1 Å². The summed E-state index contributed by atoms with van der Waals surface area (Å²) >= 11 is 6.53. The number of hydrogen-bond acceptors (Lipinski definition) is 6. The molecule has 4 rings (SSSR count). The van der Waals surface area contributed by atoms with Crippen molar-refractivity contribution in [2.24, 2.45) is 0 Å². The van der Waals surface area contributed by atoms with E-state index in [0.29, 0.717) is 52.2 Å². The number of morpholine rings is 1. The summed E-state index contributed by atoms with van der Waals surface area (Å²) in [4.78, 5) is 22.3. The standard InChI is InChI=1S/C23H21ClN4O3/c1-15-22(17-5-6-20(19(24)12-17)28-7-9-30-10-8-28)23(29)27-21(26-15)14-31-18-4-2-3-16(11-18)13-25/h2-6,11-12H,7-10,14H2,1H3,(H,26,27,29). The summed E-state index contributed by atoms with van der Waals surface area (Å²) in [5, 5.41) is 9.57. The van der Waals surface area contributed by atoms with Gasteiger partial charge in [-0.2, -0.15) is 5.26 Å². The number of halogens is 1. The number of benzene rings is 2. The Morgan fingerprint density at radius 1 is 1.26 bits per heavy atom. The Morgan fingerprint density at radius 3 is 2.77 bits per heavy atom. The number of hydrogen-bond donors (Lipinski definition) is 1. The van der Waals surface area contributed by atoms with Crippen LogP contribution in [0.2, 0.25) is 5.02 Å². The van der Waals surface area contributed by atoms with Crippen LogP contribution in [0.15, 0.2) is 47.3 Å². The zero-order valence-electron chi connectivity index (χ0n) is 17.0. The highest BCUT2D eigenvalue weighted by Gasteiger charge is 2.17. The summed E-state index contributed by atoms with van der Waals surface area (Å²) in [6, 6.07) is 14.5. The average molecular weight is 437 g/mol. The lowest BCUT2D eigenvalue weighted by Crippen LogP contribution is -2.36. The second-order valence-corrected chi connectivity index (χ2v) is 7.57. The number of nitriles is 1. The normalized spacial score (nSPS) is 13.6. The fourth-order valence-corrected chi connectivity index (χ4v) is 3.88. The maximum atomic E-state index is 12.8. The lowest BCUT2D eigenvalue weighted by Gasteiger charge is -2.29. The first-order chi connectivity index (χ1) is 15.0. The Hall–Kier alpha value is -3.34.